The van der Waals surface area contributed by atoms with Gasteiger partial charge in [-0.25, -0.2) is 0 Å². The summed E-state index contributed by atoms with van der Waals surface area (Å²) in [5.74, 6) is 0.175. The minimum absolute atomic E-state index is 0.135. The van der Waals surface area contributed by atoms with Crippen molar-refractivity contribution < 1.29 is 23.8 Å². The Kier molecular flexibility index (Phi) is 3.33. The average molecular weight is 301 g/mol. The largest absolute Gasteiger partial charge is 0.469 e. The average Bonchev–Trinajstić information content (AvgIpc) is 2.74. The summed E-state index contributed by atoms with van der Waals surface area (Å²) in [4.78, 5) is 22.8. The van der Waals surface area contributed by atoms with Crippen LogP contribution in [-0.4, -0.2) is 25.7 Å². The third kappa shape index (κ3) is 2.41. The van der Waals surface area contributed by atoms with E-state index in [-0.39, 0.29) is 19.0 Å². The van der Waals surface area contributed by atoms with Crippen molar-refractivity contribution in [2.45, 2.75) is 6.42 Å². The Bertz CT molecular complexity index is 483. The predicted octanol–water partition coefficient (Wildman–Crippen LogP) is 1.92. The maximum absolute atomic E-state index is 11.8. The van der Waals surface area contributed by atoms with Crippen molar-refractivity contribution in [3.8, 4) is 11.5 Å². The molecule has 0 atom stereocenters. The zero-order valence-corrected chi connectivity index (χ0v) is 10.6. The van der Waals surface area contributed by atoms with Crippen molar-refractivity contribution in [2.24, 2.45) is 0 Å². The topological polar surface area (TPSA) is 61.8 Å². The van der Waals surface area contributed by atoms with Crippen LogP contribution in [0.15, 0.2) is 16.6 Å². The van der Waals surface area contributed by atoms with Gasteiger partial charge in [0.1, 0.15) is 6.42 Å². The van der Waals surface area contributed by atoms with Crippen LogP contribution in [0.25, 0.3) is 0 Å². The lowest BCUT2D eigenvalue weighted by molar-refractivity contribution is -0.139. The zero-order valence-electron chi connectivity index (χ0n) is 8.99. The van der Waals surface area contributed by atoms with Gasteiger partial charge in [-0.2, -0.15) is 0 Å². The Labute approximate surface area is 106 Å². The van der Waals surface area contributed by atoms with Crippen molar-refractivity contribution in [3.05, 3.63) is 22.2 Å². The number of halogens is 1. The normalized spacial score (nSPS) is 12.4. The molecule has 0 unspecified atom stereocenters. The summed E-state index contributed by atoms with van der Waals surface area (Å²) in [6.07, 6.45) is -0.297. The number of esters is 1. The highest BCUT2D eigenvalue weighted by molar-refractivity contribution is 9.10. The fourth-order valence-corrected chi connectivity index (χ4v) is 1.97. The molecule has 1 aliphatic rings. The van der Waals surface area contributed by atoms with Gasteiger partial charge >= 0.3 is 5.97 Å². The number of hydrogen-bond donors (Lipinski definition) is 0. The lowest BCUT2D eigenvalue weighted by Gasteiger charge is -2.04. The van der Waals surface area contributed by atoms with Crippen LogP contribution in [0.5, 0.6) is 11.5 Å². The minimum Gasteiger partial charge on any atom is -0.469 e. The van der Waals surface area contributed by atoms with E-state index >= 15 is 0 Å². The van der Waals surface area contributed by atoms with E-state index in [9.17, 15) is 9.59 Å². The highest BCUT2D eigenvalue weighted by Crippen LogP contribution is 2.37. The summed E-state index contributed by atoms with van der Waals surface area (Å²) in [5.41, 5.74) is 0.375. The number of hydrogen-bond acceptors (Lipinski definition) is 5. The van der Waals surface area contributed by atoms with E-state index in [4.69, 9.17) is 9.47 Å². The number of methoxy groups -OCH3 is 1. The maximum atomic E-state index is 11.8. The quantitative estimate of drug-likeness (QED) is 0.485. The number of fused-ring (bicyclic) bond motifs is 1. The summed E-state index contributed by atoms with van der Waals surface area (Å²) in [5, 5.41) is 0. The van der Waals surface area contributed by atoms with Gasteiger partial charge in [0.2, 0.25) is 6.79 Å². The molecule has 0 amide bonds. The van der Waals surface area contributed by atoms with Crippen LogP contribution < -0.4 is 9.47 Å². The molecule has 0 saturated carbocycles. The smallest absolute Gasteiger partial charge is 0.313 e. The van der Waals surface area contributed by atoms with Crippen molar-refractivity contribution in [1.82, 2.24) is 0 Å². The highest BCUT2D eigenvalue weighted by Gasteiger charge is 2.21. The first kappa shape index (κ1) is 11.9. The molecule has 0 aromatic heterocycles. The second-order valence-electron chi connectivity index (χ2n) is 3.36. The lowest BCUT2D eigenvalue weighted by atomic mass is 10.1. The summed E-state index contributed by atoms with van der Waals surface area (Å²) >= 11 is 3.25. The molecular formula is C11H9BrO5. The van der Waals surface area contributed by atoms with Crippen molar-refractivity contribution in [1.29, 1.82) is 0 Å². The number of benzene rings is 1. The molecule has 1 aromatic rings. The third-order valence-corrected chi connectivity index (χ3v) is 2.95. The molecule has 0 saturated heterocycles. The first-order valence-corrected chi connectivity index (χ1v) is 5.60. The molecule has 2 rings (SSSR count). The van der Waals surface area contributed by atoms with E-state index in [2.05, 4.69) is 20.7 Å². The van der Waals surface area contributed by atoms with Crippen molar-refractivity contribution in [2.75, 3.05) is 13.9 Å². The maximum Gasteiger partial charge on any atom is 0.313 e. The molecule has 6 heteroatoms. The molecule has 5 nitrogen and oxygen atoms in total. The second kappa shape index (κ2) is 4.75. The summed E-state index contributed by atoms with van der Waals surface area (Å²) in [6, 6.07) is 3.20. The number of carbonyl (C=O) groups excluding carboxylic acids is 2. The molecule has 1 heterocycles. The summed E-state index contributed by atoms with van der Waals surface area (Å²) in [6.45, 7) is 0.135. The number of carbonyl (C=O) groups is 2. The van der Waals surface area contributed by atoms with Crippen LogP contribution in [-0.2, 0) is 9.53 Å². The Balaban J connectivity index is 2.26. The highest BCUT2D eigenvalue weighted by atomic mass is 79.9. The summed E-state index contributed by atoms with van der Waals surface area (Å²) < 4.78 is 15.3. The van der Waals surface area contributed by atoms with Crippen LogP contribution in [0.3, 0.4) is 0 Å². The van der Waals surface area contributed by atoms with E-state index in [0.717, 1.165) is 0 Å². The molecule has 0 bridgehead atoms. The predicted molar refractivity (Wildman–Crippen MR) is 61.2 cm³/mol. The van der Waals surface area contributed by atoms with Crippen LogP contribution in [0, 0.1) is 0 Å². The third-order valence-electron chi connectivity index (χ3n) is 2.30. The number of ether oxygens (including phenoxy) is 3. The van der Waals surface area contributed by atoms with E-state index in [1.807, 2.05) is 0 Å². The molecule has 0 N–H and O–H groups in total. The Morgan fingerprint density at radius 2 is 2.00 bits per heavy atom. The van der Waals surface area contributed by atoms with Gasteiger partial charge in [0.25, 0.3) is 0 Å². The first-order chi connectivity index (χ1) is 8.11. The van der Waals surface area contributed by atoms with Crippen LogP contribution in [0.2, 0.25) is 0 Å². The van der Waals surface area contributed by atoms with E-state index in [0.29, 0.717) is 21.5 Å². The Morgan fingerprint density at radius 1 is 1.35 bits per heavy atom. The standard InChI is InChI=1S/C11H9BrO5/c1-15-11(14)4-8(13)6-2-9-10(3-7(6)12)17-5-16-9/h2-3H,4-5H2,1H3. The van der Waals surface area contributed by atoms with Gasteiger partial charge in [-0.3, -0.25) is 9.59 Å². The fraction of sp³-hybridized carbons (Fsp3) is 0.273. The van der Waals surface area contributed by atoms with E-state index in [1.54, 1.807) is 12.1 Å². The number of ketones is 1. The molecule has 17 heavy (non-hydrogen) atoms. The van der Waals surface area contributed by atoms with E-state index < -0.39 is 5.97 Å². The van der Waals surface area contributed by atoms with Gasteiger partial charge in [-0.15, -0.1) is 0 Å². The van der Waals surface area contributed by atoms with Gasteiger partial charge in [-0.05, 0) is 28.1 Å². The monoisotopic (exact) mass is 300 g/mol. The van der Waals surface area contributed by atoms with Gasteiger partial charge in [0.15, 0.2) is 17.3 Å². The molecule has 0 aliphatic carbocycles. The summed E-state index contributed by atoms with van der Waals surface area (Å²) in [7, 11) is 1.24. The Hall–Kier alpha value is -1.56. The number of rotatable bonds is 3. The SMILES string of the molecule is COC(=O)CC(=O)c1cc2c(cc1Br)OCO2. The molecular weight excluding hydrogens is 292 g/mol. The Morgan fingerprint density at radius 3 is 2.65 bits per heavy atom. The molecule has 0 fully saturated rings. The molecule has 1 aliphatic heterocycles. The molecule has 1 aromatic carbocycles. The fourth-order valence-electron chi connectivity index (χ4n) is 1.43. The molecule has 90 valence electrons. The molecule has 0 spiro atoms. The van der Waals surface area contributed by atoms with Crippen molar-refractivity contribution in [3.63, 3.8) is 0 Å². The van der Waals surface area contributed by atoms with Crippen LogP contribution in [0.4, 0.5) is 0 Å². The van der Waals surface area contributed by atoms with Crippen LogP contribution >= 0.6 is 15.9 Å². The lowest BCUT2D eigenvalue weighted by Crippen LogP contribution is -2.10. The van der Waals surface area contributed by atoms with Crippen LogP contribution in [0.1, 0.15) is 16.8 Å². The first-order valence-electron chi connectivity index (χ1n) is 4.81. The van der Waals surface area contributed by atoms with Gasteiger partial charge in [-0.1, -0.05) is 0 Å². The van der Waals surface area contributed by atoms with E-state index in [1.165, 1.54) is 7.11 Å². The molecule has 0 radical (unpaired) electrons. The van der Waals surface area contributed by atoms with Gasteiger partial charge in [0, 0.05) is 10.0 Å². The zero-order chi connectivity index (χ0) is 12.4. The number of Topliss-reactive ketones (excluding diaryl/α,β-unsaturated/α-hetero) is 1. The van der Waals surface area contributed by atoms with Crippen molar-refractivity contribution >= 4 is 27.7 Å². The van der Waals surface area contributed by atoms with Gasteiger partial charge < -0.3 is 14.2 Å². The van der Waals surface area contributed by atoms with Gasteiger partial charge in [0.05, 0.1) is 7.11 Å². The minimum atomic E-state index is -0.570. The second-order valence-corrected chi connectivity index (χ2v) is 4.22.